The van der Waals surface area contributed by atoms with E-state index in [2.05, 4.69) is 75.6 Å². The van der Waals surface area contributed by atoms with E-state index in [0.717, 1.165) is 13.2 Å². The summed E-state index contributed by atoms with van der Waals surface area (Å²) in [6.07, 6.45) is 6.09. The second-order valence-corrected chi connectivity index (χ2v) is 13.0. The first kappa shape index (κ1) is 18.4. The van der Waals surface area contributed by atoms with E-state index in [1.54, 1.807) is 0 Å². The van der Waals surface area contributed by atoms with Crippen LogP contribution < -0.4 is 5.32 Å². The lowest BCUT2D eigenvalue weighted by Gasteiger charge is -2.37. The number of rotatable bonds is 6. The Bertz CT molecular complexity index is 516. The minimum atomic E-state index is -1.67. The zero-order valence-corrected chi connectivity index (χ0v) is 16.5. The molecule has 0 aliphatic heterocycles. The molecule has 2 rings (SSSR count). The van der Waals surface area contributed by atoms with E-state index in [9.17, 15) is 0 Å². The summed E-state index contributed by atoms with van der Waals surface area (Å²) in [6.45, 7) is 13.3. The molecule has 0 saturated carbocycles. The van der Waals surface area contributed by atoms with Gasteiger partial charge in [-0.15, -0.1) is 0 Å². The molecule has 1 aliphatic rings. The van der Waals surface area contributed by atoms with Gasteiger partial charge in [-0.1, -0.05) is 57.2 Å². The van der Waals surface area contributed by atoms with Gasteiger partial charge >= 0.3 is 0 Å². The van der Waals surface area contributed by atoms with Gasteiger partial charge in [0.1, 0.15) is 0 Å². The fourth-order valence-corrected chi connectivity index (χ4v) is 3.61. The third-order valence-electron chi connectivity index (χ3n) is 5.35. The van der Waals surface area contributed by atoms with Crippen LogP contribution >= 0.6 is 0 Å². The first-order valence-electron chi connectivity index (χ1n) is 8.90. The number of benzene rings is 1. The second kappa shape index (κ2) is 7.78. The maximum absolute atomic E-state index is 6.45. The molecule has 1 aromatic carbocycles. The molecule has 0 bridgehead atoms. The van der Waals surface area contributed by atoms with Crippen molar-refractivity contribution in [1.82, 2.24) is 5.32 Å². The summed E-state index contributed by atoms with van der Waals surface area (Å²) >= 11 is 0. The number of nitrogens with one attached hydrogen (secondary N) is 1. The molecular weight excluding hydrogens is 298 g/mol. The van der Waals surface area contributed by atoms with Crippen molar-refractivity contribution >= 4 is 8.32 Å². The Labute approximate surface area is 143 Å². The van der Waals surface area contributed by atoms with Crippen LogP contribution in [0.5, 0.6) is 0 Å². The summed E-state index contributed by atoms with van der Waals surface area (Å²) in [4.78, 5) is 0. The average Bonchev–Trinajstić information content (AvgIpc) is 2.51. The minimum absolute atomic E-state index is 0.273. The predicted molar refractivity (Wildman–Crippen MR) is 102 cm³/mol. The topological polar surface area (TPSA) is 21.3 Å². The molecule has 1 atom stereocenters. The van der Waals surface area contributed by atoms with Crippen molar-refractivity contribution in [1.29, 1.82) is 0 Å². The molecule has 1 aromatic rings. The van der Waals surface area contributed by atoms with E-state index in [1.807, 2.05) is 0 Å². The van der Waals surface area contributed by atoms with E-state index in [-0.39, 0.29) is 5.04 Å². The van der Waals surface area contributed by atoms with Crippen molar-refractivity contribution in [3.05, 3.63) is 47.5 Å². The highest BCUT2D eigenvalue weighted by Gasteiger charge is 2.37. The van der Waals surface area contributed by atoms with Gasteiger partial charge < -0.3 is 9.74 Å². The van der Waals surface area contributed by atoms with E-state index < -0.39 is 8.32 Å². The van der Waals surface area contributed by atoms with Crippen molar-refractivity contribution in [3.63, 3.8) is 0 Å². The molecule has 23 heavy (non-hydrogen) atoms. The van der Waals surface area contributed by atoms with E-state index in [0.29, 0.717) is 6.04 Å². The lowest BCUT2D eigenvalue weighted by atomic mass is 9.94. The van der Waals surface area contributed by atoms with Crippen LogP contribution in [0.4, 0.5) is 0 Å². The summed E-state index contributed by atoms with van der Waals surface area (Å²) in [6, 6.07) is 11.1. The SMILES string of the molecule is CC(C)(C)[Si](C)(C)OCC1=CCCC[C@@H]1NCc1ccccc1. The number of hydrogen-bond donors (Lipinski definition) is 1. The zero-order valence-electron chi connectivity index (χ0n) is 15.5. The molecule has 0 unspecified atom stereocenters. The third kappa shape index (κ3) is 5.30. The van der Waals surface area contributed by atoms with Gasteiger partial charge in [-0.05, 0) is 48.5 Å². The Morgan fingerprint density at radius 1 is 1.17 bits per heavy atom. The number of allylic oxidation sites excluding steroid dienone is 1. The van der Waals surface area contributed by atoms with Crippen molar-refractivity contribution in [2.45, 2.75) is 70.8 Å². The quantitative estimate of drug-likeness (QED) is 0.566. The summed E-state index contributed by atoms with van der Waals surface area (Å²) in [5.74, 6) is 0. The highest BCUT2D eigenvalue weighted by Crippen LogP contribution is 2.37. The van der Waals surface area contributed by atoms with Gasteiger partial charge in [0.15, 0.2) is 8.32 Å². The molecule has 1 aliphatic carbocycles. The van der Waals surface area contributed by atoms with Gasteiger partial charge in [-0.2, -0.15) is 0 Å². The highest BCUT2D eigenvalue weighted by molar-refractivity contribution is 6.74. The third-order valence-corrected chi connectivity index (χ3v) is 9.83. The van der Waals surface area contributed by atoms with Crippen molar-refractivity contribution < 1.29 is 4.43 Å². The Hall–Kier alpha value is -0.903. The summed E-state index contributed by atoms with van der Waals surface area (Å²) < 4.78 is 6.45. The van der Waals surface area contributed by atoms with Crippen molar-refractivity contribution in [2.24, 2.45) is 0 Å². The molecule has 0 saturated heterocycles. The Kier molecular flexibility index (Phi) is 6.23. The second-order valence-electron chi connectivity index (χ2n) is 8.18. The van der Waals surface area contributed by atoms with Gasteiger partial charge in [0, 0.05) is 12.6 Å². The first-order valence-corrected chi connectivity index (χ1v) is 11.8. The standard InChI is InChI=1S/C20H33NOSi/c1-20(2,3)23(4,5)22-16-18-13-9-10-14-19(18)21-15-17-11-7-6-8-12-17/h6-8,11-13,19,21H,9-10,14-16H2,1-5H3/t19-/m0/s1. The minimum Gasteiger partial charge on any atom is -0.413 e. The molecule has 0 fully saturated rings. The van der Waals surface area contributed by atoms with Crippen LogP contribution in [0.2, 0.25) is 18.1 Å². The Morgan fingerprint density at radius 2 is 1.87 bits per heavy atom. The van der Waals surface area contributed by atoms with Crippen LogP contribution in [0.1, 0.15) is 45.6 Å². The summed E-state index contributed by atoms with van der Waals surface area (Å²) in [5, 5.41) is 4.00. The van der Waals surface area contributed by atoms with Crippen LogP contribution in [0, 0.1) is 0 Å². The van der Waals surface area contributed by atoms with Gasteiger partial charge in [0.25, 0.3) is 0 Å². The fourth-order valence-electron chi connectivity index (χ4n) is 2.65. The highest BCUT2D eigenvalue weighted by atomic mass is 28.4. The molecule has 128 valence electrons. The largest absolute Gasteiger partial charge is 0.413 e. The average molecular weight is 332 g/mol. The van der Waals surface area contributed by atoms with Gasteiger partial charge in [-0.3, -0.25) is 0 Å². The molecule has 0 aromatic heterocycles. The van der Waals surface area contributed by atoms with Gasteiger partial charge in [0.05, 0.1) is 6.61 Å². The number of hydrogen-bond acceptors (Lipinski definition) is 2. The molecule has 0 spiro atoms. The maximum Gasteiger partial charge on any atom is 0.192 e. The molecule has 0 amide bonds. The van der Waals surface area contributed by atoms with Crippen molar-refractivity contribution in [2.75, 3.05) is 6.61 Å². The van der Waals surface area contributed by atoms with Crippen LogP contribution in [0.3, 0.4) is 0 Å². The Balaban J connectivity index is 1.92. The van der Waals surface area contributed by atoms with Crippen LogP contribution in [0.15, 0.2) is 42.0 Å². The molecule has 0 radical (unpaired) electrons. The van der Waals surface area contributed by atoms with E-state index in [4.69, 9.17) is 4.43 Å². The predicted octanol–water partition coefficient (Wildman–Crippen LogP) is 5.28. The van der Waals surface area contributed by atoms with E-state index >= 15 is 0 Å². The van der Waals surface area contributed by atoms with Crippen molar-refractivity contribution in [3.8, 4) is 0 Å². The molecule has 3 heteroatoms. The summed E-state index contributed by atoms with van der Waals surface area (Å²) in [7, 11) is -1.67. The molecule has 1 N–H and O–H groups in total. The Morgan fingerprint density at radius 3 is 2.52 bits per heavy atom. The maximum atomic E-state index is 6.45. The van der Waals surface area contributed by atoms with Crippen LogP contribution in [0.25, 0.3) is 0 Å². The molecule has 2 nitrogen and oxygen atoms in total. The lowest BCUT2D eigenvalue weighted by molar-refractivity contribution is 0.300. The van der Waals surface area contributed by atoms with Crippen LogP contribution in [-0.2, 0) is 11.0 Å². The van der Waals surface area contributed by atoms with Gasteiger partial charge in [-0.25, -0.2) is 0 Å². The lowest BCUT2D eigenvalue weighted by Crippen LogP contribution is -2.43. The monoisotopic (exact) mass is 331 g/mol. The summed E-state index contributed by atoms with van der Waals surface area (Å²) in [5.41, 5.74) is 2.81. The fraction of sp³-hybridized carbons (Fsp3) is 0.600. The molecular formula is C20H33NOSi. The smallest absolute Gasteiger partial charge is 0.192 e. The van der Waals surface area contributed by atoms with Gasteiger partial charge in [0.2, 0.25) is 0 Å². The zero-order chi connectivity index (χ0) is 16.9. The van der Waals surface area contributed by atoms with E-state index in [1.165, 1.54) is 30.4 Å². The normalized spacial score (nSPS) is 19.5. The molecule has 0 heterocycles. The van der Waals surface area contributed by atoms with Crippen LogP contribution in [-0.4, -0.2) is 21.0 Å². The first-order chi connectivity index (χ1) is 10.8.